The number of ether oxygens (including phenoxy) is 1. The Bertz CT molecular complexity index is 642. The van der Waals surface area contributed by atoms with Crippen molar-refractivity contribution in [2.75, 3.05) is 6.61 Å². The molecule has 110 valence electrons. The summed E-state index contributed by atoms with van der Waals surface area (Å²) in [6.07, 6.45) is 2.34. The van der Waals surface area contributed by atoms with Gasteiger partial charge in [0.2, 0.25) is 0 Å². The molecule has 0 spiro atoms. The molecule has 1 heterocycles. The van der Waals surface area contributed by atoms with Crippen LogP contribution in [0.25, 0.3) is 10.1 Å². The molecule has 2 aromatic rings. The van der Waals surface area contributed by atoms with Gasteiger partial charge in [-0.1, -0.05) is 18.2 Å². The highest BCUT2D eigenvalue weighted by molar-refractivity contribution is 7.20. The van der Waals surface area contributed by atoms with Gasteiger partial charge in [-0.25, -0.2) is 4.79 Å². The number of amides is 1. The first-order chi connectivity index (χ1) is 10.1. The van der Waals surface area contributed by atoms with Crippen LogP contribution in [0.5, 0.6) is 0 Å². The SMILES string of the molecule is C[C@@H](NC(=O)COC(=O)c1cc2ccccc2s1)C1CC1. The summed E-state index contributed by atoms with van der Waals surface area (Å²) in [5, 5.41) is 3.88. The number of rotatable bonds is 5. The van der Waals surface area contributed by atoms with Crippen molar-refractivity contribution in [1.29, 1.82) is 0 Å². The maximum absolute atomic E-state index is 12.0. The second kappa shape index (κ2) is 5.85. The zero-order valence-corrected chi connectivity index (χ0v) is 12.6. The molecule has 1 aliphatic rings. The molecule has 0 radical (unpaired) electrons. The van der Waals surface area contributed by atoms with Crippen molar-refractivity contribution >= 4 is 33.3 Å². The monoisotopic (exact) mass is 303 g/mol. The zero-order valence-electron chi connectivity index (χ0n) is 11.8. The van der Waals surface area contributed by atoms with Crippen molar-refractivity contribution in [1.82, 2.24) is 5.32 Å². The lowest BCUT2D eigenvalue weighted by molar-refractivity contribution is -0.124. The van der Waals surface area contributed by atoms with Gasteiger partial charge in [0, 0.05) is 10.7 Å². The molecule has 1 aromatic carbocycles. The van der Waals surface area contributed by atoms with Gasteiger partial charge >= 0.3 is 5.97 Å². The number of fused-ring (bicyclic) bond motifs is 1. The van der Waals surface area contributed by atoms with Crippen LogP contribution < -0.4 is 5.32 Å². The Balaban J connectivity index is 1.54. The Morgan fingerprint density at radius 2 is 2.14 bits per heavy atom. The van der Waals surface area contributed by atoms with E-state index in [0.717, 1.165) is 10.1 Å². The van der Waals surface area contributed by atoms with Crippen molar-refractivity contribution in [2.24, 2.45) is 5.92 Å². The van der Waals surface area contributed by atoms with Gasteiger partial charge in [-0.3, -0.25) is 4.79 Å². The minimum atomic E-state index is -0.439. The molecule has 4 nitrogen and oxygen atoms in total. The van der Waals surface area contributed by atoms with E-state index in [9.17, 15) is 9.59 Å². The fourth-order valence-corrected chi connectivity index (χ4v) is 3.25. The fraction of sp³-hybridized carbons (Fsp3) is 0.375. The third kappa shape index (κ3) is 3.42. The summed E-state index contributed by atoms with van der Waals surface area (Å²) in [6.45, 7) is 1.77. The van der Waals surface area contributed by atoms with Gasteiger partial charge in [-0.15, -0.1) is 11.3 Å². The lowest BCUT2D eigenvalue weighted by atomic mass is 10.2. The molecule has 1 aromatic heterocycles. The Morgan fingerprint density at radius 3 is 2.86 bits per heavy atom. The van der Waals surface area contributed by atoms with E-state index >= 15 is 0 Å². The average molecular weight is 303 g/mol. The molecule has 0 unspecified atom stereocenters. The molecular weight excluding hydrogens is 286 g/mol. The number of esters is 1. The minimum absolute atomic E-state index is 0.167. The summed E-state index contributed by atoms with van der Waals surface area (Å²) in [6, 6.07) is 9.73. The van der Waals surface area contributed by atoms with Gasteiger partial charge < -0.3 is 10.1 Å². The Morgan fingerprint density at radius 1 is 1.38 bits per heavy atom. The predicted molar refractivity (Wildman–Crippen MR) is 82.4 cm³/mol. The maximum Gasteiger partial charge on any atom is 0.348 e. The van der Waals surface area contributed by atoms with E-state index < -0.39 is 5.97 Å². The standard InChI is InChI=1S/C16H17NO3S/c1-10(11-6-7-11)17-15(18)9-20-16(19)14-8-12-4-2-3-5-13(12)21-14/h2-5,8,10-11H,6-7,9H2,1H3,(H,17,18)/t10-/m1/s1. The van der Waals surface area contributed by atoms with Crippen LogP contribution >= 0.6 is 11.3 Å². The van der Waals surface area contributed by atoms with Crippen LogP contribution in [0.2, 0.25) is 0 Å². The average Bonchev–Trinajstić information content (AvgIpc) is 3.23. The van der Waals surface area contributed by atoms with Gasteiger partial charge in [0.15, 0.2) is 6.61 Å². The number of hydrogen-bond donors (Lipinski definition) is 1. The third-order valence-electron chi connectivity index (χ3n) is 3.68. The molecule has 1 fully saturated rings. The molecule has 1 atom stereocenters. The van der Waals surface area contributed by atoms with Crippen LogP contribution in [0, 0.1) is 5.92 Å². The molecule has 3 rings (SSSR count). The Hall–Kier alpha value is -1.88. The summed E-state index contributed by atoms with van der Waals surface area (Å²) in [4.78, 5) is 24.2. The van der Waals surface area contributed by atoms with Gasteiger partial charge in [0.1, 0.15) is 4.88 Å². The van der Waals surface area contributed by atoms with Gasteiger partial charge in [-0.05, 0) is 43.2 Å². The maximum atomic E-state index is 12.0. The van der Waals surface area contributed by atoms with E-state index in [1.807, 2.05) is 31.2 Å². The summed E-state index contributed by atoms with van der Waals surface area (Å²) in [7, 11) is 0. The van der Waals surface area contributed by atoms with Crippen LogP contribution in [0.4, 0.5) is 0 Å². The van der Waals surface area contributed by atoms with Crippen molar-refractivity contribution in [2.45, 2.75) is 25.8 Å². The molecule has 1 amide bonds. The summed E-state index contributed by atoms with van der Waals surface area (Å²) in [5.41, 5.74) is 0. The predicted octanol–water partition coefficient (Wildman–Crippen LogP) is 2.97. The topological polar surface area (TPSA) is 55.4 Å². The number of carbonyl (C=O) groups is 2. The molecule has 1 N–H and O–H groups in total. The molecule has 0 bridgehead atoms. The first-order valence-corrected chi connectivity index (χ1v) is 7.90. The van der Waals surface area contributed by atoms with Crippen molar-refractivity contribution < 1.29 is 14.3 Å². The summed E-state index contributed by atoms with van der Waals surface area (Å²) < 4.78 is 6.12. The molecular formula is C16H17NO3S. The van der Waals surface area contributed by atoms with Crippen molar-refractivity contribution in [3.05, 3.63) is 35.2 Å². The highest BCUT2D eigenvalue weighted by Gasteiger charge is 2.29. The quantitative estimate of drug-likeness (QED) is 0.864. The van der Waals surface area contributed by atoms with Gasteiger partial charge in [0.05, 0.1) is 0 Å². The zero-order chi connectivity index (χ0) is 14.8. The van der Waals surface area contributed by atoms with Crippen molar-refractivity contribution in [3.63, 3.8) is 0 Å². The van der Waals surface area contributed by atoms with E-state index in [1.54, 1.807) is 6.07 Å². The van der Waals surface area contributed by atoms with Crippen LogP contribution in [-0.2, 0) is 9.53 Å². The third-order valence-corrected chi connectivity index (χ3v) is 4.77. The molecule has 21 heavy (non-hydrogen) atoms. The highest BCUT2D eigenvalue weighted by atomic mass is 32.1. The second-order valence-electron chi connectivity index (χ2n) is 5.42. The summed E-state index contributed by atoms with van der Waals surface area (Å²) in [5.74, 6) is -0.0819. The number of thiophene rings is 1. The minimum Gasteiger partial charge on any atom is -0.451 e. The Kier molecular flexibility index (Phi) is 3.92. The first kappa shape index (κ1) is 14.1. The van der Waals surface area contributed by atoms with Crippen LogP contribution in [-0.4, -0.2) is 24.5 Å². The highest BCUT2D eigenvalue weighted by Crippen LogP contribution is 2.32. The second-order valence-corrected chi connectivity index (χ2v) is 6.50. The molecule has 5 heteroatoms. The molecule has 1 aliphatic carbocycles. The number of benzene rings is 1. The normalized spacial score (nSPS) is 15.7. The van der Waals surface area contributed by atoms with Gasteiger partial charge in [-0.2, -0.15) is 0 Å². The largest absolute Gasteiger partial charge is 0.451 e. The van der Waals surface area contributed by atoms with E-state index in [0.29, 0.717) is 10.8 Å². The molecule has 0 saturated heterocycles. The lowest BCUT2D eigenvalue weighted by Gasteiger charge is -2.12. The first-order valence-electron chi connectivity index (χ1n) is 7.08. The van der Waals surface area contributed by atoms with Crippen LogP contribution in [0.1, 0.15) is 29.4 Å². The Labute approximate surface area is 127 Å². The van der Waals surface area contributed by atoms with Gasteiger partial charge in [0.25, 0.3) is 5.91 Å². The lowest BCUT2D eigenvalue weighted by Crippen LogP contribution is -2.37. The van der Waals surface area contributed by atoms with Crippen LogP contribution in [0.15, 0.2) is 30.3 Å². The van der Waals surface area contributed by atoms with E-state index in [2.05, 4.69) is 5.32 Å². The fourth-order valence-electron chi connectivity index (χ4n) is 2.29. The van der Waals surface area contributed by atoms with E-state index in [1.165, 1.54) is 24.2 Å². The molecule has 0 aliphatic heterocycles. The van der Waals surface area contributed by atoms with E-state index in [-0.39, 0.29) is 18.6 Å². The smallest absolute Gasteiger partial charge is 0.348 e. The number of hydrogen-bond acceptors (Lipinski definition) is 4. The van der Waals surface area contributed by atoms with Crippen LogP contribution in [0.3, 0.4) is 0 Å². The number of carbonyl (C=O) groups excluding carboxylic acids is 2. The molecule has 1 saturated carbocycles. The van der Waals surface area contributed by atoms with Crippen molar-refractivity contribution in [3.8, 4) is 0 Å². The number of nitrogens with one attached hydrogen (secondary N) is 1. The summed E-state index contributed by atoms with van der Waals surface area (Å²) >= 11 is 1.38. The van der Waals surface area contributed by atoms with E-state index in [4.69, 9.17) is 4.74 Å².